The molecule has 0 saturated carbocycles. The molecule has 1 aromatic rings. The molecule has 0 radical (unpaired) electrons. The maximum Gasteiger partial charge on any atom is 0.147 e. The molecule has 1 atom stereocenters. The van der Waals surface area contributed by atoms with E-state index in [2.05, 4.69) is 4.98 Å². The van der Waals surface area contributed by atoms with Gasteiger partial charge in [-0.3, -0.25) is 4.98 Å². The zero-order valence-electron chi connectivity index (χ0n) is 9.55. The summed E-state index contributed by atoms with van der Waals surface area (Å²) in [5, 5.41) is 9.81. The second-order valence-electron chi connectivity index (χ2n) is 4.08. The van der Waals surface area contributed by atoms with Gasteiger partial charge >= 0.3 is 0 Å². The maximum atomic E-state index is 10.9. The van der Waals surface area contributed by atoms with Crippen molar-refractivity contribution in [2.75, 3.05) is 12.0 Å². The highest BCUT2D eigenvalue weighted by molar-refractivity contribution is 7.90. The largest absolute Gasteiger partial charge is 0.388 e. The van der Waals surface area contributed by atoms with Gasteiger partial charge in [-0.05, 0) is 30.9 Å². The molecule has 0 fully saturated rings. The van der Waals surface area contributed by atoms with E-state index in [1.807, 2.05) is 13.0 Å². The Bertz CT molecular complexity index is 442. The lowest BCUT2D eigenvalue weighted by Crippen LogP contribution is -2.06. The zero-order chi connectivity index (χ0) is 12.2. The van der Waals surface area contributed by atoms with Crippen LogP contribution in [0, 0.1) is 6.92 Å². The summed E-state index contributed by atoms with van der Waals surface area (Å²) in [5.41, 5.74) is 1.73. The van der Waals surface area contributed by atoms with Crippen molar-refractivity contribution >= 4 is 9.84 Å². The van der Waals surface area contributed by atoms with Crippen LogP contribution in [0.25, 0.3) is 0 Å². The van der Waals surface area contributed by atoms with E-state index in [0.717, 1.165) is 11.1 Å². The summed E-state index contributed by atoms with van der Waals surface area (Å²) in [6.45, 7) is 1.90. The molecule has 0 saturated heterocycles. The number of aliphatic hydroxyl groups excluding tert-OH is 1. The molecule has 0 amide bonds. The van der Waals surface area contributed by atoms with E-state index in [0.29, 0.717) is 12.8 Å². The van der Waals surface area contributed by atoms with Gasteiger partial charge in [-0.15, -0.1) is 0 Å². The molecule has 0 spiro atoms. The first-order valence-corrected chi connectivity index (χ1v) is 7.22. The van der Waals surface area contributed by atoms with Crippen LogP contribution >= 0.6 is 0 Å². The van der Waals surface area contributed by atoms with Crippen LogP contribution in [0.3, 0.4) is 0 Å². The molecule has 16 heavy (non-hydrogen) atoms. The molecule has 1 aromatic heterocycles. The Morgan fingerprint density at radius 3 is 2.69 bits per heavy atom. The number of aromatic nitrogens is 1. The predicted molar refractivity (Wildman–Crippen MR) is 62.9 cm³/mol. The first kappa shape index (κ1) is 13.1. The van der Waals surface area contributed by atoms with E-state index < -0.39 is 15.9 Å². The third kappa shape index (κ3) is 4.72. The van der Waals surface area contributed by atoms with Crippen molar-refractivity contribution in [3.8, 4) is 0 Å². The molecule has 0 aliphatic heterocycles. The second kappa shape index (κ2) is 5.41. The third-order valence-electron chi connectivity index (χ3n) is 2.27. The highest BCUT2D eigenvalue weighted by Gasteiger charge is 2.10. The standard InChI is InChI=1S/C11H17NO3S/c1-9-6-10(8-12-7-9)11(13)4-3-5-16(2,14)15/h6-8,11,13H,3-5H2,1-2H3. The van der Waals surface area contributed by atoms with Gasteiger partial charge in [-0.2, -0.15) is 0 Å². The number of pyridine rings is 1. The minimum Gasteiger partial charge on any atom is -0.388 e. The fourth-order valence-electron chi connectivity index (χ4n) is 1.47. The van der Waals surface area contributed by atoms with Crippen LogP contribution in [0.2, 0.25) is 0 Å². The number of rotatable bonds is 5. The average molecular weight is 243 g/mol. The summed E-state index contributed by atoms with van der Waals surface area (Å²) in [6.07, 6.45) is 4.80. The fraction of sp³-hybridized carbons (Fsp3) is 0.545. The van der Waals surface area contributed by atoms with Crippen LogP contribution in [-0.2, 0) is 9.84 Å². The van der Waals surface area contributed by atoms with Gasteiger partial charge < -0.3 is 5.11 Å². The second-order valence-corrected chi connectivity index (χ2v) is 6.34. The van der Waals surface area contributed by atoms with Crippen molar-refractivity contribution in [2.24, 2.45) is 0 Å². The van der Waals surface area contributed by atoms with Crippen molar-refractivity contribution in [3.63, 3.8) is 0 Å². The molecule has 90 valence electrons. The van der Waals surface area contributed by atoms with E-state index in [9.17, 15) is 13.5 Å². The summed E-state index contributed by atoms with van der Waals surface area (Å²) in [5.74, 6) is 0.114. The summed E-state index contributed by atoms with van der Waals surface area (Å²) in [6, 6.07) is 1.86. The summed E-state index contributed by atoms with van der Waals surface area (Å²) < 4.78 is 21.8. The topological polar surface area (TPSA) is 67.3 Å². The fourth-order valence-corrected chi connectivity index (χ4v) is 2.16. The lowest BCUT2D eigenvalue weighted by atomic mass is 10.1. The van der Waals surface area contributed by atoms with E-state index in [4.69, 9.17) is 0 Å². The number of nitrogens with zero attached hydrogens (tertiary/aromatic N) is 1. The Kier molecular flexibility index (Phi) is 4.44. The van der Waals surface area contributed by atoms with Gasteiger partial charge in [0, 0.05) is 24.4 Å². The van der Waals surface area contributed by atoms with Crippen molar-refractivity contribution in [2.45, 2.75) is 25.9 Å². The smallest absolute Gasteiger partial charge is 0.147 e. The van der Waals surface area contributed by atoms with E-state index in [1.54, 1.807) is 12.4 Å². The van der Waals surface area contributed by atoms with Gasteiger partial charge in [0.1, 0.15) is 9.84 Å². The molecule has 1 heterocycles. The molecule has 5 heteroatoms. The molecule has 0 aliphatic rings. The molecule has 0 aromatic carbocycles. The zero-order valence-corrected chi connectivity index (χ0v) is 10.4. The van der Waals surface area contributed by atoms with Crippen LogP contribution in [-0.4, -0.2) is 30.5 Å². The van der Waals surface area contributed by atoms with Gasteiger partial charge in [0.25, 0.3) is 0 Å². The van der Waals surface area contributed by atoms with Crippen molar-refractivity contribution in [1.29, 1.82) is 0 Å². The third-order valence-corrected chi connectivity index (χ3v) is 3.30. The monoisotopic (exact) mass is 243 g/mol. The van der Waals surface area contributed by atoms with Gasteiger partial charge in [-0.25, -0.2) is 8.42 Å². The average Bonchev–Trinajstić information content (AvgIpc) is 2.15. The molecule has 4 nitrogen and oxygen atoms in total. The normalized spacial score (nSPS) is 13.7. The van der Waals surface area contributed by atoms with Crippen LogP contribution in [0.5, 0.6) is 0 Å². The summed E-state index contributed by atoms with van der Waals surface area (Å²) in [4.78, 5) is 3.98. The minimum atomic E-state index is -2.94. The Balaban J connectivity index is 2.50. The number of aliphatic hydroxyl groups is 1. The highest BCUT2D eigenvalue weighted by atomic mass is 32.2. The number of hydrogen-bond acceptors (Lipinski definition) is 4. The molecular formula is C11H17NO3S. The number of hydrogen-bond donors (Lipinski definition) is 1. The van der Waals surface area contributed by atoms with Crippen molar-refractivity contribution < 1.29 is 13.5 Å². The van der Waals surface area contributed by atoms with E-state index >= 15 is 0 Å². The molecule has 0 bridgehead atoms. The molecule has 1 N–H and O–H groups in total. The minimum absolute atomic E-state index is 0.114. The van der Waals surface area contributed by atoms with Gasteiger partial charge in [0.15, 0.2) is 0 Å². The Morgan fingerprint density at radius 1 is 1.44 bits per heavy atom. The van der Waals surface area contributed by atoms with Crippen LogP contribution in [0.4, 0.5) is 0 Å². The Morgan fingerprint density at radius 2 is 2.12 bits per heavy atom. The van der Waals surface area contributed by atoms with Crippen LogP contribution < -0.4 is 0 Å². The Labute approximate surface area is 96.3 Å². The lowest BCUT2D eigenvalue weighted by molar-refractivity contribution is 0.166. The van der Waals surface area contributed by atoms with Gasteiger partial charge in [-0.1, -0.05) is 6.07 Å². The number of aryl methyl sites for hydroxylation is 1. The molecule has 0 aliphatic carbocycles. The van der Waals surface area contributed by atoms with Crippen LogP contribution in [0.15, 0.2) is 18.5 Å². The summed E-state index contributed by atoms with van der Waals surface area (Å²) in [7, 11) is -2.94. The SMILES string of the molecule is Cc1cncc(C(O)CCCS(C)(=O)=O)c1. The quantitative estimate of drug-likeness (QED) is 0.845. The molecule has 1 rings (SSSR count). The van der Waals surface area contributed by atoms with Crippen molar-refractivity contribution in [3.05, 3.63) is 29.6 Å². The molecule has 1 unspecified atom stereocenters. The maximum absolute atomic E-state index is 10.9. The summed E-state index contributed by atoms with van der Waals surface area (Å²) >= 11 is 0. The van der Waals surface area contributed by atoms with Gasteiger partial charge in [0.2, 0.25) is 0 Å². The first-order chi connectivity index (χ1) is 7.38. The van der Waals surface area contributed by atoms with Gasteiger partial charge in [0.05, 0.1) is 6.10 Å². The van der Waals surface area contributed by atoms with Crippen molar-refractivity contribution in [1.82, 2.24) is 4.98 Å². The number of sulfone groups is 1. The van der Waals surface area contributed by atoms with E-state index in [1.165, 1.54) is 6.26 Å². The van der Waals surface area contributed by atoms with Crippen LogP contribution in [0.1, 0.15) is 30.1 Å². The first-order valence-electron chi connectivity index (χ1n) is 5.16. The highest BCUT2D eigenvalue weighted by Crippen LogP contribution is 2.18. The molecular weight excluding hydrogens is 226 g/mol. The lowest BCUT2D eigenvalue weighted by Gasteiger charge is -2.10. The Hall–Kier alpha value is -0.940. The predicted octanol–water partition coefficient (Wildman–Crippen LogP) is 1.25. The van der Waals surface area contributed by atoms with E-state index in [-0.39, 0.29) is 5.75 Å².